The van der Waals surface area contributed by atoms with Gasteiger partial charge in [0.25, 0.3) is 0 Å². The molecule has 0 fully saturated rings. The number of hydrogen-bond acceptors (Lipinski definition) is 3. The molecule has 3 heterocycles. The summed E-state index contributed by atoms with van der Waals surface area (Å²) in [5, 5.41) is 10.2. The van der Waals surface area contributed by atoms with Crippen molar-refractivity contribution in [2.45, 2.75) is 0 Å². The Morgan fingerprint density at radius 3 is 1.64 bits per heavy atom. The molecule has 0 saturated carbocycles. The van der Waals surface area contributed by atoms with Crippen molar-refractivity contribution in [3.8, 4) is 66.8 Å². The molecule has 0 spiro atoms. The van der Waals surface area contributed by atoms with Crippen LogP contribution in [-0.4, -0.2) is 9.97 Å². The van der Waals surface area contributed by atoms with E-state index in [1.807, 2.05) is 36.1 Å². The smallest absolute Gasteiger partial charge is 0.0440 e. The number of thiophene rings is 1. The standard InChI is InChI=1S/C52H30N2S/c1-2-9-31(10-3-1)34-17-20-45-43(29-34)44-30-35-11-4-5-12-36(35)49(52(44)55-45)40-18-19-42-48-39(40)15-8-16-41(48)50-46(32-21-25-53-26-22-32)37-13-6-7-14-38(37)47(51(42)50)33-23-27-54-28-24-33/h1-30H. The van der Waals surface area contributed by atoms with Crippen molar-refractivity contribution in [3.63, 3.8) is 0 Å². The number of hydrogen-bond donors (Lipinski definition) is 0. The van der Waals surface area contributed by atoms with E-state index < -0.39 is 0 Å². The van der Waals surface area contributed by atoms with E-state index in [4.69, 9.17) is 0 Å². The Labute approximate surface area is 321 Å². The van der Waals surface area contributed by atoms with Crippen LogP contribution < -0.4 is 0 Å². The minimum Gasteiger partial charge on any atom is -0.265 e. The molecule has 1 aliphatic rings. The third kappa shape index (κ3) is 4.42. The highest BCUT2D eigenvalue weighted by atomic mass is 32.1. The van der Waals surface area contributed by atoms with Crippen LogP contribution in [0.2, 0.25) is 0 Å². The second-order valence-corrected chi connectivity index (χ2v) is 15.5. The van der Waals surface area contributed by atoms with Gasteiger partial charge in [-0.05, 0) is 136 Å². The van der Waals surface area contributed by atoms with Gasteiger partial charge < -0.3 is 0 Å². The van der Waals surface area contributed by atoms with Gasteiger partial charge in [-0.3, -0.25) is 9.97 Å². The Balaban J connectivity index is 1.20. The van der Waals surface area contributed by atoms with Crippen molar-refractivity contribution in [2.75, 3.05) is 0 Å². The maximum Gasteiger partial charge on any atom is 0.0440 e. The molecule has 1 aliphatic carbocycles. The molecule has 2 nitrogen and oxygen atoms in total. The van der Waals surface area contributed by atoms with E-state index in [1.54, 1.807) is 0 Å². The first-order valence-electron chi connectivity index (χ1n) is 18.7. The van der Waals surface area contributed by atoms with Crippen LogP contribution in [0.1, 0.15) is 0 Å². The number of nitrogens with zero attached hydrogens (tertiary/aromatic N) is 2. The first-order chi connectivity index (χ1) is 27.3. The molecular formula is C52H30N2S. The fourth-order valence-corrected chi connectivity index (χ4v) is 10.5. The summed E-state index contributed by atoms with van der Waals surface area (Å²) >= 11 is 1.91. The predicted molar refractivity (Wildman–Crippen MR) is 234 cm³/mol. The minimum atomic E-state index is 1.17. The summed E-state index contributed by atoms with van der Waals surface area (Å²) in [7, 11) is 0. The lowest BCUT2D eigenvalue weighted by molar-refractivity contribution is 1.33. The van der Waals surface area contributed by atoms with Crippen LogP contribution in [0, 0.1) is 0 Å². The van der Waals surface area contributed by atoms with E-state index in [1.165, 1.54) is 119 Å². The first-order valence-corrected chi connectivity index (χ1v) is 19.5. The third-order valence-corrected chi connectivity index (χ3v) is 12.8. The molecule has 0 N–H and O–H groups in total. The Kier molecular flexibility index (Phi) is 6.54. The van der Waals surface area contributed by atoms with Gasteiger partial charge in [-0.1, -0.05) is 115 Å². The fraction of sp³-hybridized carbons (Fsp3) is 0. The van der Waals surface area contributed by atoms with Crippen molar-refractivity contribution < 1.29 is 0 Å². The van der Waals surface area contributed by atoms with Crippen LogP contribution in [0.5, 0.6) is 0 Å². The summed E-state index contributed by atoms with van der Waals surface area (Å²) in [4.78, 5) is 8.83. The van der Waals surface area contributed by atoms with Crippen molar-refractivity contribution in [1.29, 1.82) is 0 Å². The summed E-state index contributed by atoms with van der Waals surface area (Å²) in [6, 6.07) is 58.2. The van der Waals surface area contributed by atoms with Gasteiger partial charge in [-0.2, -0.15) is 0 Å². The molecule has 0 unspecified atom stereocenters. The zero-order valence-corrected chi connectivity index (χ0v) is 30.4. The number of rotatable bonds is 4. The average molecular weight is 715 g/mol. The summed E-state index contributed by atoms with van der Waals surface area (Å²) < 4.78 is 2.64. The topological polar surface area (TPSA) is 25.8 Å². The molecular weight excluding hydrogens is 685 g/mol. The SMILES string of the molecule is c1ccc(-c2ccc3sc4c(-c5ccc6c7c(cccc57)-c5c-6c(-c6ccncc6)c6ccccc6c5-c5ccncc5)c5ccccc5cc4c3c2)cc1. The Hall–Kier alpha value is -6.94. The highest BCUT2D eigenvalue weighted by molar-refractivity contribution is 7.26. The van der Waals surface area contributed by atoms with E-state index in [2.05, 4.69) is 168 Å². The predicted octanol–water partition coefficient (Wildman–Crippen LogP) is 14.6. The van der Waals surface area contributed by atoms with Gasteiger partial charge in [0.05, 0.1) is 0 Å². The van der Waals surface area contributed by atoms with Crippen molar-refractivity contribution >= 4 is 63.8 Å². The second kappa shape index (κ2) is 11.8. The number of benzene rings is 8. The summed E-state index contributed by atoms with van der Waals surface area (Å²) in [6.07, 6.45) is 7.64. The molecule has 0 atom stereocenters. The zero-order chi connectivity index (χ0) is 36.0. The summed E-state index contributed by atoms with van der Waals surface area (Å²) in [6.45, 7) is 0. The van der Waals surface area contributed by atoms with E-state index in [9.17, 15) is 0 Å². The lowest BCUT2D eigenvalue weighted by Crippen LogP contribution is -1.93. The normalized spacial score (nSPS) is 12.0. The molecule has 3 aromatic heterocycles. The van der Waals surface area contributed by atoms with E-state index >= 15 is 0 Å². The van der Waals surface area contributed by atoms with Gasteiger partial charge in [0, 0.05) is 50.5 Å². The monoisotopic (exact) mass is 714 g/mol. The largest absolute Gasteiger partial charge is 0.265 e. The summed E-state index contributed by atoms with van der Waals surface area (Å²) in [5.74, 6) is 0. The van der Waals surface area contributed by atoms with Crippen molar-refractivity contribution in [3.05, 3.63) is 183 Å². The van der Waals surface area contributed by atoms with Gasteiger partial charge in [0.15, 0.2) is 0 Å². The number of fused-ring (bicyclic) bond motifs is 8. The quantitative estimate of drug-likeness (QED) is 0.181. The number of aromatic nitrogens is 2. The average Bonchev–Trinajstić information content (AvgIpc) is 3.79. The van der Waals surface area contributed by atoms with Crippen LogP contribution in [-0.2, 0) is 0 Å². The Morgan fingerprint density at radius 2 is 0.927 bits per heavy atom. The first kappa shape index (κ1) is 30.5. The molecule has 254 valence electrons. The van der Waals surface area contributed by atoms with Gasteiger partial charge >= 0.3 is 0 Å². The molecule has 0 aliphatic heterocycles. The third-order valence-electron chi connectivity index (χ3n) is 11.6. The molecule has 8 aromatic carbocycles. The van der Waals surface area contributed by atoms with Crippen LogP contribution in [0.25, 0.3) is 119 Å². The fourth-order valence-electron chi connectivity index (χ4n) is 9.31. The van der Waals surface area contributed by atoms with Gasteiger partial charge in [0.2, 0.25) is 0 Å². The zero-order valence-electron chi connectivity index (χ0n) is 29.6. The van der Waals surface area contributed by atoms with Gasteiger partial charge in [-0.15, -0.1) is 11.3 Å². The highest BCUT2D eigenvalue weighted by Crippen LogP contribution is 2.59. The van der Waals surface area contributed by atoms with Crippen LogP contribution in [0.4, 0.5) is 0 Å². The van der Waals surface area contributed by atoms with E-state index in [-0.39, 0.29) is 0 Å². The van der Waals surface area contributed by atoms with E-state index in [0.29, 0.717) is 0 Å². The van der Waals surface area contributed by atoms with Gasteiger partial charge in [0.1, 0.15) is 0 Å². The van der Waals surface area contributed by atoms with Crippen molar-refractivity contribution in [1.82, 2.24) is 9.97 Å². The van der Waals surface area contributed by atoms with Crippen LogP contribution >= 0.6 is 11.3 Å². The molecule has 0 bridgehead atoms. The molecule has 12 rings (SSSR count). The maximum atomic E-state index is 4.41. The Morgan fingerprint density at radius 1 is 0.327 bits per heavy atom. The number of pyridine rings is 2. The molecule has 3 heteroatoms. The maximum absolute atomic E-state index is 4.41. The van der Waals surface area contributed by atoms with Crippen LogP contribution in [0.15, 0.2) is 183 Å². The van der Waals surface area contributed by atoms with Gasteiger partial charge in [-0.25, -0.2) is 0 Å². The minimum absolute atomic E-state index is 1.17. The lowest BCUT2D eigenvalue weighted by atomic mass is 9.83. The lowest BCUT2D eigenvalue weighted by Gasteiger charge is -2.20. The van der Waals surface area contributed by atoms with E-state index in [0.717, 1.165) is 0 Å². The molecule has 11 aromatic rings. The highest BCUT2D eigenvalue weighted by Gasteiger charge is 2.31. The molecule has 0 saturated heterocycles. The summed E-state index contributed by atoms with van der Waals surface area (Å²) in [5.41, 5.74) is 15.0. The van der Waals surface area contributed by atoms with Crippen LogP contribution in [0.3, 0.4) is 0 Å². The molecule has 0 amide bonds. The molecule has 0 radical (unpaired) electrons. The Bertz CT molecular complexity index is 3260. The second-order valence-electron chi connectivity index (χ2n) is 14.4. The molecule has 55 heavy (non-hydrogen) atoms. The van der Waals surface area contributed by atoms with Crippen molar-refractivity contribution in [2.24, 2.45) is 0 Å².